The summed E-state index contributed by atoms with van der Waals surface area (Å²) in [5, 5.41) is 12.9. The van der Waals surface area contributed by atoms with Gasteiger partial charge in [-0.3, -0.25) is 9.48 Å². The number of carboxylic acid groups (broad SMARTS) is 1. The molecule has 0 saturated heterocycles. The van der Waals surface area contributed by atoms with Gasteiger partial charge in [-0.25, -0.2) is 4.39 Å². The summed E-state index contributed by atoms with van der Waals surface area (Å²) in [5.74, 6) is -1.55. The lowest BCUT2D eigenvalue weighted by Gasteiger charge is -2.11. The van der Waals surface area contributed by atoms with E-state index in [1.807, 2.05) is 19.9 Å². The van der Waals surface area contributed by atoms with Crippen LogP contribution in [-0.4, -0.2) is 20.9 Å². The molecule has 0 spiro atoms. The minimum absolute atomic E-state index is 0.173. The zero-order chi connectivity index (χ0) is 14.0. The van der Waals surface area contributed by atoms with Gasteiger partial charge in [-0.2, -0.15) is 5.10 Å². The van der Waals surface area contributed by atoms with Crippen LogP contribution in [0.15, 0.2) is 30.5 Å². The Labute approximate surface area is 110 Å². The van der Waals surface area contributed by atoms with E-state index in [2.05, 4.69) is 5.10 Å². The second kappa shape index (κ2) is 5.22. The summed E-state index contributed by atoms with van der Waals surface area (Å²) < 4.78 is 15.6. The van der Waals surface area contributed by atoms with Crippen LogP contribution in [0, 0.1) is 5.82 Å². The van der Waals surface area contributed by atoms with Crippen molar-refractivity contribution >= 4 is 5.97 Å². The second-order valence-corrected chi connectivity index (χ2v) is 4.63. The maximum absolute atomic E-state index is 13.8. The lowest BCUT2D eigenvalue weighted by molar-refractivity contribution is -0.136. The quantitative estimate of drug-likeness (QED) is 0.921. The normalized spacial score (nSPS) is 10.9. The zero-order valence-electron chi connectivity index (χ0n) is 10.8. The van der Waals surface area contributed by atoms with Crippen molar-refractivity contribution < 1.29 is 14.3 Å². The Bertz CT molecular complexity index is 605. The molecule has 1 aromatic carbocycles. The van der Waals surface area contributed by atoms with Gasteiger partial charge in [0.05, 0.1) is 12.1 Å². The van der Waals surface area contributed by atoms with Crippen molar-refractivity contribution in [2.45, 2.75) is 26.3 Å². The number of hydrogen-bond donors (Lipinski definition) is 1. The molecule has 0 aliphatic rings. The highest BCUT2D eigenvalue weighted by atomic mass is 19.1. The van der Waals surface area contributed by atoms with E-state index in [0.717, 1.165) is 5.69 Å². The Balaban J connectivity index is 2.39. The first-order valence-electron chi connectivity index (χ1n) is 6.03. The number of aliphatic carboxylic acids is 1. The van der Waals surface area contributed by atoms with Crippen LogP contribution in [0.2, 0.25) is 0 Å². The fraction of sp³-hybridized carbons (Fsp3) is 0.286. The third kappa shape index (κ3) is 2.81. The van der Waals surface area contributed by atoms with Crippen LogP contribution < -0.4 is 0 Å². The highest BCUT2D eigenvalue weighted by Crippen LogP contribution is 2.24. The minimum atomic E-state index is -1.04. The molecule has 0 saturated carbocycles. The maximum atomic E-state index is 13.8. The molecule has 0 atom stereocenters. The Morgan fingerprint density at radius 2 is 2.16 bits per heavy atom. The van der Waals surface area contributed by atoms with Crippen LogP contribution >= 0.6 is 0 Å². The molecule has 5 heteroatoms. The van der Waals surface area contributed by atoms with E-state index in [4.69, 9.17) is 5.11 Å². The summed E-state index contributed by atoms with van der Waals surface area (Å²) in [4.78, 5) is 10.6. The first-order valence-corrected chi connectivity index (χ1v) is 6.03. The second-order valence-electron chi connectivity index (χ2n) is 4.63. The average molecular weight is 262 g/mol. The van der Waals surface area contributed by atoms with Crippen LogP contribution in [0.5, 0.6) is 0 Å². The Kier molecular flexibility index (Phi) is 3.64. The third-order valence-electron chi connectivity index (χ3n) is 2.85. The summed E-state index contributed by atoms with van der Waals surface area (Å²) in [6.45, 7) is 3.98. The van der Waals surface area contributed by atoms with E-state index in [0.29, 0.717) is 5.56 Å². The maximum Gasteiger partial charge on any atom is 0.307 e. The number of hydrogen-bond acceptors (Lipinski definition) is 2. The smallest absolute Gasteiger partial charge is 0.307 e. The topological polar surface area (TPSA) is 55.1 Å². The van der Waals surface area contributed by atoms with Crippen molar-refractivity contribution in [1.29, 1.82) is 0 Å². The Morgan fingerprint density at radius 3 is 2.74 bits per heavy atom. The number of carbonyl (C=O) groups is 1. The number of halogens is 1. The van der Waals surface area contributed by atoms with Crippen LogP contribution in [0.3, 0.4) is 0 Å². The van der Waals surface area contributed by atoms with E-state index in [1.54, 1.807) is 16.9 Å². The van der Waals surface area contributed by atoms with Crippen molar-refractivity contribution in [3.63, 3.8) is 0 Å². The Morgan fingerprint density at radius 1 is 1.42 bits per heavy atom. The minimum Gasteiger partial charge on any atom is -0.481 e. The van der Waals surface area contributed by atoms with Crippen LogP contribution in [0.4, 0.5) is 4.39 Å². The molecule has 19 heavy (non-hydrogen) atoms. The standard InChI is InChI=1S/C14H15FN2O2/c1-9(2)17-13(5-6-16-17)11-4-3-10(8-14(18)19)12(15)7-11/h3-7,9H,8H2,1-2H3,(H,18,19). The predicted octanol–water partition coefficient (Wildman–Crippen LogP) is 2.90. The molecule has 1 aromatic heterocycles. The molecule has 0 bridgehead atoms. The molecule has 0 unspecified atom stereocenters. The van der Waals surface area contributed by atoms with Crippen molar-refractivity contribution in [2.24, 2.45) is 0 Å². The van der Waals surface area contributed by atoms with Crippen molar-refractivity contribution in [2.75, 3.05) is 0 Å². The summed E-state index contributed by atoms with van der Waals surface area (Å²) in [5.41, 5.74) is 1.69. The number of rotatable bonds is 4. The lowest BCUT2D eigenvalue weighted by atomic mass is 10.1. The zero-order valence-corrected chi connectivity index (χ0v) is 10.8. The predicted molar refractivity (Wildman–Crippen MR) is 69.3 cm³/mol. The molecule has 100 valence electrons. The summed E-state index contributed by atoms with van der Waals surface area (Å²) >= 11 is 0. The van der Waals surface area contributed by atoms with Gasteiger partial charge >= 0.3 is 5.97 Å². The third-order valence-corrected chi connectivity index (χ3v) is 2.85. The van der Waals surface area contributed by atoms with Crippen LogP contribution in [0.1, 0.15) is 25.5 Å². The van der Waals surface area contributed by atoms with Gasteiger partial charge in [0.2, 0.25) is 0 Å². The largest absolute Gasteiger partial charge is 0.481 e. The molecule has 4 nitrogen and oxygen atoms in total. The van der Waals surface area contributed by atoms with Gasteiger partial charge in [0.25, 0.3) is 0 Å². The van der Waals surface area contributed by atoms with Gasteiger partial charge < -0.3 is 5.11 Å². The molecule has 0 aliphatic heterocycles. The molecule has 1 heterocycles. The molecular weight excluding hydrogens is 247 g/mol. The monoisotopic (exact) mass is 262 g/mol. The van der Waals surface area contributed by atoms with E-state index in [9.17, 15) is 9.18 Å². The van der Waals surface area contributed by atoms with E-state index in [1.165, 1.54) is 12.1 Å². The highest BCUT2D eigenvalue weighted by Gasteiger charge is 2.12. The van der Waals surface area contributed by atoms with Crippen molar-refractivity contribution in [3.05, 3.63) is 41.8 Å². The van der Waals surface area contributed by atoms with Gasteiger partial charge in [-0.1, -0.05) is 12.1 Å². The van der Waals surface area contributed by atoms with E-state index >= 15 is 0 Å². The number of aromatic nitrogens is 2. The van der Waals surface area contributed by atoms with Gasteiger partial charge in [0.15, 0.2) is 0 Å². The van der Waals surface area contributed by atoms with Gasteiger partial charge in [-0.05, 0) is 31.5 Å². The number of carboxylic acids is 1. The molecule has 2 rings (SSSR count). The number of nitrogens with zero attached hydrogens (tertiary/aromatic N) is 2. The summed E-state index contributed by atoms with van der Waals surface area (Å²) in [7, 11) is 0. The molecule has 0 amide bonds. The molecule has 2 aromatic rings. The highest BCUT2D eigenvalue weighted by molar-refractivity contribution is 5.71. The molecule has 1 N–H and O–H groups in total. The fourth-order valence-electron chi connectivity index (χ4n) is 1.97. The summed E-state index contributed by atoms with van der Waals surface area (Å²) in [6, 6.07) is 6.57. The Hall–Kier alpha value is -2.17. The number of benzene rings is 1. The molecule has 0 aliphatic carbocycles. The fourth-order valence-corrected chi connectivity index (χ4v) is 1.97. The van der Waals surface area contributed by atoms with Crippen LogP contribution in [0.25, 0.3) is 11.3 Å². The van der Waals surface area contributed by atoms with Crippen LogP contribution in [-0.2, 0) is 11.2 Å². The molecule has 0 fully saturated rings. The van der Waals surface area contributed by atoms with E-state index < -0.39 is 11.8 Å². The summed E-state index contributed by atoms with van der Waals surface area (Å²) in [6.07, 6.45) is 1.36. The van der Waals surface area contributed by atoms with E-state index in [-0.39, 0.29) is 18.0 Å². The van der Waals surface area contributed by atoms with Gasteiger partial charge in [-0.15, -0.1) is 0 Å². The van der Waals surface area contributed by atoms with Crippen molar-refractivity contribution in [1.82, 2.24) is 9.78 Å². The molecule has 0 radical (unpaired) electrons. The first kappa shape index (κ1) is 13.3. The first-order chi connectivity index (χ1) is 8.99. The average Bonchev–Trinajstić information content (AvgIpc) is 2.80. The molecular formula is C14H15FN2O2. The SMILES string of the molecule is CC(C)n1nccc1-c1ccc(CC(=O)O)c(F)c1. The lowest BCUT2D eigenvalue weighted by Crippen LogP contribution is -2.05. The van der Waals surface area contributed by atoms with Gasteiger partial charge in [0, 0.05) is 17.8 Å². The van der Waals surface area contributed by atoms with Crippen molar-refractivity contribution in [3.8, 4) is 11.3 Å². The van der Waals surface area contributed by atoms with Gasteiger partial charge in [0.1, 0.15) is 5.82 Å².